The first-order valence-electron chi connectivity index (χ1n) is 7.43. The van der Waals surface area contributed by atoms with E-state index >= 15 is 0 Å². The molecule has 0 atom stereocenters. The number of hydrogen-bond donors (Lipinski definition) is 1. The van der Waals surface area contributed by atoms with Gasteiger partial charge in [0.25, 0.3) is 0 Å². The normalized spacial score (nSPS) is 19.2. The molecule has 1 saturated carbocycles. The van der Waals surface area contributed by atoms with Crippen LogP contribution < -0.4 is 10.1 Å². The number of likely N-dealkylation sites (N-methyl/N-ethyl adjacent to an activating group) is 1. The van der Waals surface area contributed by atoms with Crippen molar-refractivity contribution in [3.8, 4) is 5.88 Å². The summed E-state index contributed by atoms with van der Waals surface area (Å²) in [6.07, 6.45) is 6.99. The number of pyridine rings is 1. The van der Waals surface area contributed by atoms with E-state index in [0.717, 1.165) is 43.3 Å². The van der Waals surface area contributed by atoms with E-state index in [-0.39, 0.29) is 0 Å². The number of ether oxygens (including phenoxy) is 1. The van der Waals surface area contributed by atoms with Crippen molar-refractivity contribution < 1.29 is 4.74 Å². The van der Waals surface area contributed by atoms with Gasteiger partial charge in [0.15, 0.2) is 5.96 Å². The SMILES string of the molecule is CN1CCN=C1NCc1cccnc1OC1CCCC1. The summed E-state index contributed by atoms with van der Waals surface area (Å²) in [5.74, 6) is 1.73. The lowest BCUT2D eigenvalue weighted by molar-refractivity contribution is 0.199. The Balaban J connectivity index is 1.63. The molecular formula is C15H22N4O. The molecule has 0 saturated heterocycles. The van der Waals surface area contributed by atoms with Crippen LogP contribution in [-0.2, 0) is 6.54 Å². The van der Waals surface area contributed by atoms with Gasteiger partial charge < -0.3 is 15.0 Å². The molecule has 0 aromatic carbocycles. The molecule has 1 aromatic rings. The average Bonchev–Trinajstić information content (AvgIpc) is 3.10. The maximum Gasteiger partial charge on any atom is 0.218 e. The highest BCUT2D eigenvalue weighted by molar-refractivity contribution is 5.81. The molecule has 0 amide bonds. The van der Waals surface area contributed by atoms with Gasteiger partial charge in [0.1, 0.15) is 6.10 Å². The lowest BCUT2D eigenvalue weighted by atomic mass is 10.2. The molecule has 108 valence electrons. The number of nitrogens with one attached hydrogen (secondary N) is 1. The van der Waals surface area contributed by atoms with E-state index in [1.165, 1.54) is 12.8 Å². The van der Waals surface area contributed by atoms with E-state index in [9.17, 15) is 0 Å². The summed E-state index contributed by atoms with van der Waals surface area (Å²) in [4.78, 5) is 11.0. The highest BCUT2D eigenvalue weighted by Crippen LogP contribution is 2.24. The summed E-state index contributed by atoms with van der Waals surface area (Å²) in [6.45, 7) is 2.57. The van der Waals surface area contributed by atoms with Crippen molar-refractivity contribution in [1.29, 1.82) is 0 Å². The van der Waals surface area contributed by atoms with Crippen molar-refractivity contribution in [2.75, 3.05) is 20.1 Å². The van der Waals surface area contributed by atoms with Crippen LogP contribution in [-0.4, -0.2) is 42.1 Å². The zero-order valence-electron chi connectivity index (χ0n) is 12.0. The highest BCUT2D eigenvalue weighted by Gasteiger charge is 2.19. The van der Waals surface area contributed by atoms with Gasteiger partial charge in [-0.2, -0.15) is 0 Å². The molecule has 0 radical (unpaired) electrons. The maximum absolute atomic E-state index is 6.04. The lowest BCUT2D eigenvalue weighted by Crippen LogP contribution is -2.35. The number of nitrogens with zero attached hydrogens (tertiary/aromatic N) is 3. The van der Waals surface area contributed by atoms with Crippen LogP contribution >= 0.6 is 0 Å². The Morgan fingerprint density at radius 2 is 2.25 bits per heavy atom. The topological polar surface area (TPSA) is 49.8 Å². The second kappa shape index (κ2) is 6.11. The Kier molecular flexibility index (Phi) is 4.04. The molecule has 2 heterocycles. The molecular weight excluding hydrogens is 252 g/mol. The first-order valence-corrected chi connectivity index (χ1v) is 7.43. The number of hydrogen-bond acceptors (Lipinski definition) is 5. The van der Waals surface area contributed by atoms with Crippen LogP contribution in [0.25, 0.3) is 0 Å². The molecule has 2 aliphatic rings. The minimum Gasteiger partial charge on any atom is -0.474 e. The Bertz CT molecular complexity index is 483. The minimum atomic E-state index is 0.343. The predicted molar refractivity (Wildman–Crippen MR) is 78.9 cm³/mol. The van der Waals surface area contributed by atoms with Crippen LogP contribution in [0.4, 0.5) is 0 Å². The molecule has 0 spiro atoms. The molecule has 1 fully saturated rings. The lowest BCUT2D eigenvalue weighted by Gasteiger charge is -2.18. The van der Waals surface area contributed by atoms with Crippen LogP contribution in [0, 0.1) is 0 Å². The zero-order chi connectivity index (χ0) is 13.8. The fourth-order valence-corrected chi connectivity index (χ4v) is 2.73. The zero-order valence-corrected chi connectivity index (χ0v) is 12.0. The maximum atomic E-state index is 6.04. The van der Waals surface area contributed by atoms with Crippen molar-refractivity contribution in [2.24, 2.45) is 4.99 Å². The average molecular weight is 274 g/mol. The quantitative estimate of drug-likeness (QED) is 0.909. The summed E-state index contributed by atoms with van der Waals surface area (Å²) in [6, 6.07) is 4.03. The van der Waals surface area contributed by atoms with Crippen molar-refractivity contribution in [1.82, 2.24) is 15.2 Å². The molecule has 3 rings (SSSR count). The number of guanidine groups is 1. The highest BCUT2D eigenvalue weighted by atomic mass is 16.5. The molecule has 1 aromatic heterocycles. The second-order valence-electron chi connectivity index (χ2n) is 5.47. The fraction of sp³-hybridized carbons (Fsp3) is 0.600. The van der Waals surface area contributed by atoms with E-state index in [4.69, 9.17) is 4.74 Å². The van der Waals surface area contributed by atoms with Crippen molar-refractivity contribution in [2.45, 2.75) is 38.3 Å². The third-order valence-electron chi connectivity index (χ3n) is 3.93. The summed E-state index contributed by atoms with van der Waals surface area (Å²) < 4.78 is 6.04. The Morgan fingerprint density at radius 3 is 3.00 bits per heavy atom. The standard InChI is InChI=1S/C15H22N4O/c1-19-10-9-17-15(19)18-11-12-5-4-8-16-14(12)20-13-6-2-3-7-13/h4-5,8,13H,2-3,6-7,9-11H2,1H3,(H,17,18). The summed E-state index contributed by atoms with van der Waals surface area (Å²) in [5.41, 5.74) is 1.10. The van der Waals surface area contributed by atoms with Gasteiger partial charge in [-0.1, -0.05) is 6.07 Å². The summed E-state index contributed by atoms with van der Waals surface area (Å²) in [7, 11) is 2.05. The second-order valence-corrected chi connectivity index (χ2v) is 5.47. The molecule has 0 bridgehead atoms. The van der Waals surface area contributed by atoms with Gasteiger partial charge in [0.2, 0.25) is 5.88 Å². The monoisotopic (exact) mass is 274 g/mol. The third-order valence-corrected chi connectivity index (χ3v) is 3.93. The summed E-state index contributed by atoms with van der Waals surface area (Å²) >= 11 is 0. The van der Waals surface area contributed by atoms with E-state index in [1.807, 2.05) is 6.07 Å². The van der Waals surface area contributed by atoms with Gasteiger partial charge in [-0.15, -0.1) is 0 Å². The first kappa shape index (κ1) is 13.2. The Labute approximate surface area is 120 Å². The van der Waals surface area contributed by atoms with Crippen LogP contribution in [0.5, 0.6) is 5.88 Å². The van der Waals surface area contributed by atoms with Crippen molar-refractivity contribution in [3.05, 3.63) is 23.9 Å². The smallest absolute Gasteiger partial charge is 0.218 e. The van der Waals surface area contributed by atoms with Gasteiger partial charge in [-0.05, 0) is 31.7 Å². The van der Waals surface area contributed by atoms with Gasteiger partial charge in [0.05, 0.1) is 6.54 Å². The molecule has 1 aliphatic carbocycles. The minimum absolute atomic E-state index is 0.343. The molecule has 1 aliphatic heterocycles. The first-order chi connectivity index (χ1) is 9.83. The Morgan fingerprint density at radius 1 is 1.40 bits per heavy atom. The number of rotatable bonds is 4. The van der Waals surface area contributed by atoms with E-state index in [2.05, 4.69) is 33.3 Å². The van der Waals surface area contributed by atoms with Crippen LogP contribution in [0.1, 0.15) is 31.2 Å². The fourth-order valence-electron chi connectivity index (χ4n) is 2.73. The number of aliphatic imine (C=N–C) groups is 1. The molecule has 1 N–H and O–H groups in total. The van der Waals surface area contributed by atoms with Crippen molar-refractivity contribution >= 4 is 5.96 Å². The third kappa shape index (κ3) is 3.03. The molecule has 5 nitrogen and oxygen atoms in total. The molecule has 0 unspecified atom stereocenters. The van der Waals surface area contributed by atoms with E-state index in [1.54, 1.807) is 6.20 Å². The van der Waals surface area contributed by atoms with E-state index < -0.39 is 0 Å². The van der Waals surface area contributed by atoms with Crippen LogP contribution in [0.15, 0.2) is 23.3 Å². The van der Waals surface area contributed by atoms with Gasteiger partial charge >= 0.3 is 0 Å². The van der Waals surface area contributed by atoms with Gasteiger partial charge in [-0.3, -0.25) is 4.99 Å². The van der Waals surface area contributed by atoms with Crippen LogP contribution in [0.3, 0.4) is 0 Å². The largest absolute Gasteiger partial charge is 0.474 e. The van der Waals surface area contributed by atoms with Gasteiger partial charge in [-0.25, -0.2) is 4.98 Å². The van der Waals surface area contributed by atoms with E-state index in [0.29, 0.717) is 12.6 Å². The molecule has 20 heavy (non-hydrogen) atoms. The Hall–Kier alpha value is -1.78. The molecule has 5 heteroatoms. The summed E-state index contributed by atoms with van der Waals surface area (Å²) in [5, 5.41) is 3.37. The predicted octanol–water partition coefficient (Wildman–Crippen LogP) is 1.79. The van der Waals surface area contributed by atoms with Crippen molar-refractivity contribution in [3.63, 3.8) is 0 Å². The van der Waals surface area contributed by atoms with Crippen LogP contribution in [0.2, 0.25) is 0 Å². The number of aromatic nitrogens is 1. The van der Waals surface area contributed by atoms with Gasteiger partial charge in [0, 0.05) is 31.9 Å².